The van der Waals surface area contributed by atoms with Gasteiger partial charge < -0.3 is 10.1 Å². The van der Waals surface area contributed by atoms with Gasteiger partial charge in [0.25, 0.3) is 0 Å². The molecule has 0 aliphatic heterocycles. The van der Waals surface area contributed by atoms with E-state index < -0.39 is 5.97 Å². The molecule has 0 saturated carbocycles. The van der Waals surface area contributed by atoms with Gasteiger partial charge in [-0.1, -0.05) is 0 Å². The highest BCUT2D eigenvalue weighted by atomic mass is 32.1. The fourth-order valence-corrected chi connectivity index (χ4v) is 2.10. The number of esters is 1. The molecule has 0 amide bonds. The van der Waals surface area contributed by atoms with Gasteiger partial charge in [0.1, 0.15) is 5.82 Å². The molecule has 1 N–H and O–H groups in total. The van der Waals surface area contributed by atoms with E-state index in [2.05, 4.69) is 25.4 Å². The van der Waals surface area contributed by atoms with E-state index in [1.165, 1.54) is 12.7 Å². The van der Waals surface area contributed by atoms with Gasteiger partial charge in [0.05, 0.1) is 7.11 Å². The van der Waals surface area contributed by atoms with E-state index in [0.29, 0.717) is 12.4 Å². The number of rotatable bonds is 4. The molecule has 0 fully saturated rings. The summed E-state index contributed by atoms with van der Waals surface area (Å²) in [5.74, 6) is 0.164. The molecule has 2 heterocycles. The molecule has 94 valence electrons. The topological polar surface area (TPSA) is 64.1 Å². The number of anilines is 1. The summed E-state index contributed by atoms with van der Waals surface area (Å²) in [4.78, 5) is 19.5. The third-order valence-corrected chi connectivity index (χ3v) is 3.01. The second-order valence-corrected chi connectivity index (χ2v) is 4.47. The Bertz CT molecular complexity index is 540. The van der Waals surface area contributed by atoms with Crippen LogP contribution in [0.1, 0.15) is 21.9 Å². The van der Waals surface area contributed by atoms with Crippen molar-refractivity contribution in [3.63, 3.8) is 0 Å². The SMILES string of the molecule is COC(=O)c1nc(C)cc(NCc2ccsc2)n1. The number of hydrogen-bond acceptors (Lipinski definition) is 6. The minimum Gasteiger partial charge on any atom is -0.463 e. The average molecular weight is 263 g/mol. The lowest BCUT2D eigenvalue weighted by Gasteiger charge is -2.06. The van der Waals surface area contributed by atoms with E-state index in [0.717, 1.165) is 5.69 Å². The van der Waals surface area contributed by atoms with Crippen LogP contribution in [0.4, 0.5) is 5.82 Å². The van der Waals surface area contributed by atoms with E-state index in [1.807, 2.05) is 18.4 Å². The van der Waals surface area contributed by atoms with Crippen LogP contribution in [0, 0.1) is 6.92 Å². The van der Waals surface area contributed by atoms with Crippen molar-refractivity contribution in [3.05, 3.63) is 40.0 Å². The highest BCUT2D eigenvalue weighted by Crippen LogP contribution is 2.11. The first kappa shape index (κ1) is 12.5. The van der Waals surface area contributed by atoms with Crippen molar-refractivity contribution < 1.29 is 9.53 Å². The number of thiophene rings is 1. The Morgan fingerprint density at radius 1 is 1.50 bits per heavy atom. The molecule has 0 aliphatic carbocycles. The van der Waals surface area contributed by atoms with E-state index >= 15 is 0 Å². The molecule has 2 rings (SSSR count). The maximum atomic E-state index is 11.4. The molecule has 6 heteroatoms. The monoisotopic (exact) mass is 263 g/mol. The molecule has 0 unspecified atom stereocenters. The Labute approximate surface area is 109 Å². The van der Waals surface area contributed by atoms with Crippen LogP contribution in [-0.2, 0) is 11.3 Å². The Balaban J connectivity index is 2.12. The van der Waals surface area contributed by atoms with Crippen molar-refractivity contribution in [3.8, 4) is 0 Å². The minimum absolute atomic E-state index is 0.0744. The molecule has 0 atom stereocenters. The van der Waals surface area contributed by atoms with Gasteiger partial charge in [0.2, 0.25) is 5.82 Å². The number of aryl methyl sites for hydroxylation is 1. The van der Waals surface area contributed by atoms with Crippen LogP contribution >= 0.6 is 11.3 Å². The van der Waals surface area contributed by atoms with Crippen molar-refractivity contribution in [2.45, 2.75) is 13.5 Å². The molecule has 2 aromatic heterocycles. The molecule has 0 bridgehead atoms. The molecule has 0 aliphatic rings. The fraction of sp³-hybridized carbons (Fsp3) is 0.250. The summed E-state index contributed by atoms with van der Waals surface area (Å²) in [6, 6.07) is 3.83. The number of hydrogen-bond donors (Lipinski definition) is 1. The van der Waals surface area contributed by atoms with Crippen LogP contribution in [0.3, 0.4) is 0 Å². The molecule has 0 spiro atoms. The summed E-state index contributed by atoms with van der Waals surface area (Å²) < 4.78 is 4.61. The predicted molar refractivity (Wildman–Crippen MR) is 69.8 cm³/mol. The van der Waals surface area contributed by atoms with Crippen molar-refractivity contribution >= 4 is 23.1 Å². The third-order valence-electron chi connectivity index (χ3n) is 2.28. The maximum Gasteiger partial charge on any atom is 0.376 e. The van der Waals surface area contributed by atoms with Crippen LogP contribution in [0.15, 0.2) is 22.9 Å². The molecular formula is C12H13N3O2S. The summed E-state index contributed by atoms with van der Waals surface area (Å²) in [6.45, 7) is 2.48. The number of carbonyl (C=O) groups is 1. The van der Waals surface area contributed by atoms with Crippen LogP contribution in [0.5, 0.6) is 0 Å². The van der Waals surface area contributed by atoms with Gasteiger partial charge in [0, 0.05) is 18.3 Å². The zero-order valence-corrected chi connectivity index (χ0v) is 11.0. The lowest BCUT2D eigenvalue weighted by Crippen LogP contribution is -2.11. The van der Waals surface area contributed by atoms with E-state index in [1.54, 1.807) is 17.4 Å². The van der Waals surface area contributed by atoms with Crippen molar-refractivity contribution in [2.75, 3.05) is 12.4 Å². The van der Waals surface area contributed by atoms with Gasteiger partial charge >= 0.3 is 5.97 Å². The van der Waals surface area contributed by atoms with Gasteiger partial charge in [-0.3, -0.25) is 0 Å². The summed E-state index contributed by atoms with van der Waals surface area (Å²) in [6.07, 6.45) is 0. The highest BCUT2D eigenvalue weighted by Gasteiger charge is 2.11. The fourth-order valence-electron chi connectivity index (χ4n) is 1.43. The van der Waals surface area contributed by atoms with E-state index in [-0.39, 0.29) is 5.82 Å². The Hall–Kier alpha value is -1.95. The number of nitrogens with zero attached hydrogens (tertiary/aromatic N) is 2. The summed E-state index contributed by atoms with van der Waals surface area (Å²) in [5, 5.41) is 7.23. The zero-order valence-electron chi connectivity index (χ0n) is 10.1. The smallest absolute Gasteiger partial charge is 0.376 e. The molecule has 2 aromatic rings. The Morgan fingerprint density at radius 3 is 3.00 bits per heavy atom. The van der Waals surface area contributed by atoms with Crippen molar-refractivity contribution in [1.29, 1.82) is 0 Å². The lowest BCUT2D eigenvalue weighted by atomic mass is 10.3. The van der Waals surface area contributed by atoms with Gasteiger partial charge in [-0.05, 0) is 29.3 Å². The van der Waals surface area contributed by atoms with Crippen LogP contribution in [0.25, 0.3) is 0 Å². The standard InChI is InChI=1S/C12H13N3O2S/c1-8-5-10(13-6-9-3-4-18-7-9)15-11(14-8)12(16)17-2/h3-5,7H,6H2,1-2H3,(H,13,14,15). The number of ether oxygens (including phenoxy) is 1. The van der Waals surface area contributed by atoms with E-state index in [4.69, 9.17) is 0 Å². The first-order valence-electron chi connectivity index (χ1n) is 5.38. The van der Waals surface area contributed by atoms with Crippen molar-refractivity contribution in [2.24, 2.45) is 0 Å². The average Bonchev–Trinajstić information content (AvgIpc) is 2.88. The van der Waals surface area contributed by atoms with Crippen LogP contribution < -0.4 is 5.32 Å². The maximum absolute atomic E-state index is 11.4. The molecule has 0 aromatic carbocycles. The van der Waals surface area contributed by atoms with Gasteiger partial charge in [-0.2, -0.15) is 11.3 Å². The van der Waals surface area contributed by atoms with Gasteiger partial charge in [-0.25, -0.2) is 14.8 Å². The third kappa shape index (κ3) is 3.04. The molecule has 18 heavy (non-hydrogen) atoms. The second-order valence-electron chi connectivity index (χ2n) is 3.69. The van der Waals surface area contributed by atoms with Crippen LogP contribution in [0.2, 0.25) is 0 Å². The quantitative estimate of drug-likeness (QED) is 0.857. The summed E-state index contributed by atoms with van der Waals surface area (Å²) >= 11 is 1.64. The zero-order chi connectivity index (χ0) is 13.0. The first-order chi connectivity index (χ1) is 8.69. The largest absolute Gasteiger partial charge is 0.463 e. The molecular weight excluding hydrogens is 250 g/mol. The number of aromatic nitrogens is 2. The minimum atomic E-state index is -0.530. The lowest BCUT2D eigenvalue weighted by molar-refractivity contribution is 0.0586. The Morgan fingerprint density at radius 2 is 2.33 bits per heavy atom. The number of nitrogens with one attached hydrogen (secondary N) is 1. The first-order valence-corrected chi connectivity index (χ1v) is 6.32. The number of methoxy groups -OCH3 is 1. The number of carbonyl (C=O) groups excluding carboxylic acids is 1. The van der Waals surface area contributed by atoms with Gasteiger partial charge in [0.15, 0.2) is 0 Å². The normalized spacial score (nSPS) is 10.1. The molecule has 5 nitrogen and oxygen atoms in total. The van der Waals surface area contributed by atoms with Gasteiger partial charge in [-0.15, -0.1) is 0 Å². The Kier molecular flexibility index (Phi) is 3.88. The van der Waals surface area contributed by atoms with Crippen LogP contribution in [-0.4, -0.2) is 23.0 Å². The summed E-state index contributed by atoms with van der Waals surface area (Å²) in [7, 11) is 1.31. The summed E-state index contributed by atoms with van der Waals surface area (Å²) in [5.41, 5.74) is 1.90. The highest BCUT2D eigenvalue weighted by molar-refractivity contribution is 7.07. The molecule has 0 radical (unpaired) electrons. The predicted octanol–water partition coefficient (Wildman–Crippen LogP) is 2.25. The van der Waals surface area contributed by atoms with Crippen molar-refractivity contribution in [1.82, 2.24) is 9.97 Å². The van der Waals surface area contributed by atoms with E-state index in [9.17, 15) is 4.79 Å². The molecule has 0 saturated heterocycles. The second kappa shape index (κ2) is 5.59.